The van der Waals surface area contributed by atoms with Gasteiger partial charge in [-0.1, -0.05) is 12.1 Å². The minimum atomic E-state index is -3.79. The number of carbonyl (C=O) groups excluding carboxylic acids is 1. The summed E-state index contributed by atoms with van der Waals surface area (Å²) in [6.07, 6.45) is 0. The summed E-state index contributed by atoms with van der Waals surface area (Å²) in [6.45, 7) is 4.60. The van der Waals surface area contributed by atoms with Gasteiger partial charge in [0.05, 0.1) is 41.7 Å². The van der Waals surface area contributed by atoms with Crippen LogP contribution in [0.4, 0.5) is 11.4 Å². The lowest BCUT2D eigenvalue weighted by atomic mass is 10.2. The normalized spacial score (nSPS) is 14.6. The third-order valence-corrected chi connectivity index (χ3v) is 5.56. The van der Waals surface area contributed by atoms with Gasteiger partial charge in [0.15, 0.2) is 0 Å². The number of para-hydroxylation sites is 2. The topological polar surface area (TPSA) is 84.9 Å². The molecule has 1 saturated heterocycles. The van der Waals surface area contributed by atoms with Gasteiger partial charge in [-0.05, 0) is 43.3 Å². The second-order valence-corrected chi connectivity index (χ2v) is 7.65. The molecule has 0 radical (unpaired) electrons. The van der Waals surface area contributed by atoms with E-state index in [2.05, 4.69) is 9.62 Å². The SMILES string of the molecule is CCOC(=O)c1ccc(S(=O)(=O)Nc2ccccc2N2CCOCC2)cc1. The van der Waals surface area contributed by atoms with E-state index < -0.39 is 16.0 Å². The van der Waals surface area contributed by atoms with Crippen LogP contribution in [-0.2, 0) is 19.5 Å². The molecule has 0 aromatic heterocycles. The highest BCUT2D eigenvalue weighted by Crippen LogP contribution is 2.28. The Hall–Kier alpha value is -2.58. The molecule has 3 rings (SSSR count). The number of nitrogens with zero attached hydrogens (tertiary/aromatic N) is 1. The summed E-state index contributed by atoms with van der Waals surface area (Å²) in [5.74, 6) is -0.480. The summed E-state index contributed by atoms with van der Waals surface area (Å²) in [5, 5.41) is 0. The van der Waals surface area contributed by atoms with E-state index in [9.17, 15) is 13.2 Å². The van der Waals surface area contributed by atoms with E-state index in [0.29, 0.717) is 37.6 Å². The van der Waals surface area contributed by atoms with Gasteiger partial charge >= 0.3 is 5.97 Å². The lowest BCUT2D eigenvalue weighted by molar-refractivity contribution is 0.0526. The molecule has 0 saturated carbocycles. The van der Waals surface area contributed by atoms with Gasteiger partial charge in [-0.2, -0.15) is 0 Å². The van der Waals surface area contributed by atoms with Crippen LogP contribution in [0.15, 0.2) is 53.4 Å². The Labute approximate surface area is 158 Å². The summed E-state index contributed by atoms with van der Waals surface area (Å²) in [7, 11) is -3.79. The first-order chi connectivity index (χ1) is 13.0. The van der Waals surface area contributed by atoms with Crippen LogP contribution in [0.25, 0.3) is 0 Å². The minimum absolute atomic E-state index is 0.0762. The second-order valence-electron chi connectivity index (χ2n) is 5.97. The summed E-state index contributed by atoms with van der Waals surface area (Å²) >= 11 is 0. The van der Waals surface area contributed by atoms with Crippen LogP contribution >= 0.6 is 0 Å². The molecule has 144 valence electrons. The molecule has 27 heavy (non-hydrogen) atoms. The average molecular weight is 390 g/mol. The van der Waals surface area contributed by atoms with Gasteiger partial charge in [-0.15, -0.1) is 0 Å². The number of ether oxygens (including phenoxy) is 2. The van der Waals surface area contributed by atoms with Crippen molar-refractivity contribution in [2.75, 3.05) is 42.5 Å². The Bertz CT molecular complexity index is 891. The Morgan fingerprint density at radius 1 is 1.11 bits per heavy atom. The van der Waals surface area contributed by atoms with Gasteiger partial charge in [0.1, 0.15) is 0 Å². The van der Waals surface area contributed by atoms with Gasteiger partial charge < -0.3 is 14.4 Å². The smallest absolute Gasteiger partial charge is 0.338 e. The van der Waals surface area contributed by atoms with E-state index in [4.69, 9.17) is 9.47 Å². The van der Waals surface area contributed by atoms with Crippen molar-refractivity contribution in [2.45, 2.75) is 11.8 Å². The van der Waals surface area contributed by atoms with Crippen molar-refractivity contribution in [3.63, 3.8) is 0 Å². The molecule has 2 aromatic carbocycles. The van der Waals surface area contributed by atoms with Gasteiger partial charge in [-0.3, -0.25) is 4.72 Å². The molecular formula is C19H22N2O5S. The fourth-order valence-electron chi connectivity index (χ4n) is 2.83. The number of hydrogen-bond donors (Lipinski definition) is 1. The van der Waals surface area contributed by atoms with Gasteiger partial charge in [-0.25, -0.2) is 13.2 Å². The molecule has 2 aromatic rings. The minimum Gasteiger partial charge on any atom is -0.462 e. The van der Waals surface area contributed by atoms with Gasteiger partial charge in [0.2, 0.25) is 0 Å². The maximum Gasteiger partial charge on any atom is 0.338 e. The highest BCUT2D eigenvalue weighted by atomic mass is 32.2. The van der Waals surface area contributed by atoms with Crippen LogP contribution < -0.4 is 9.62 Å². The Balaban J connectivity index is 1.82. The highest BCUT2D eigenvalue weighted by Gasteiger charge is 2.20. The summed E-state index contributed by atoms with van der Waals surface area (Å²) in [4.78, 5) is 13.9. The Kier molecular flexibility index (Phi) is 5.98. The quantitative estimate of drug-likeness (QED) is 0.763. The largest absolute Gasteiger partial charge is 0.462 e. The maximum absolute atomic E-state index is 12.8. The zero-order chi connectivity index (χ0) is 19.3. The first-order valence-electron chi connectivity index (χ1n) is 8.73. The molecule has 0 spiro atoms. The van der Waals surface area contributed by atoms with Crippen LogP contribution in [0, 0.1) is 0 Å². The molecule has 0 atom stereocenters. The number of benzene rings is 2. The van der Waals surface area contributed by atoms with Crippen LogP contribution in [0.2, 0.25) is 0 Å². The van der Waals surface area contributed by atoms with Crippen molar-refractivity contribution < 1.29 is 22.7 Å². The first kappa shape index (κ1) is 19.2. The summed E-state index contributed by atoms with van der Waals surface area (Å²) in [5.41, 5.74) is 1.63. The number of sulfonamides is 1. The molecule has 0 bridgehead atoms. The van der Waals surface area contributed by atoms with Crippen molar-refractivity contribution in [1.82, 2.24) is 0 Å². The number of rotatable bonds is 6. The van der Waals surface area contributed by atoms with E-state index >= 15 is 0 Å². The van der Waals surface area contributed by atoms with Crippen molar-refractivity contribution in [3.05, 3.63) is 54.1 Å². The Morgan fingerprint density at radius 3 is 2.44 bits per heavy atom. The maximum atomic E-state index is 12.8. The van der Waals surface area contributed by atoms with Crippen molar-refractivity contribution in [1.29, 1.82) is 0 Å². The lowest BCUT2D eigenvalue weighted by Crippen LogP contribution is -2.36. The zero-order valence-electron chi connectivity index (χ0n) is 15.1. The molecule has 1 aliphatic heterocycles. The van der Waals surface area contributed by atoms with Crippen LogP contribution in [0.1, 0.15) is 17.3 Å². The number of morpholine rings is 1. The van der Waals surface area contributed by atoms with Gasteiger partial charge in [0, 0.05) is 13.1 Å². The van der Waals surface area contributed by atoms with E-state index in [1.165, 1.54) is 24.3 Å². The number of esters is 1. The van der Waals surface area contributed by atoms with Gasteiger partial charge in [0.25, 0.3) is 10.0 Å². The summed E-state index contributed by atoms with van der Waals surface area (Å²) in [6, 6.07) is 12.9. The van der Waals surface area contributed by atoms with Crippen molar-refractivity contribution >= 4 is 27.4 Å². The highest BCUT2D eigenvalue weighted by molar-refractivity contribution is 7.92. The molecule has 7 nitrogen and oxygen atoms in total. The second kappa shape index (κ2) is 8.41. The van der Waals surface area contributed by atoms with Crippen LogP contribution in [0.3, 0.4) is 0 Å². The fraction of sp³-hybridized carbons (Fsp3) is 0.316. The predicted octanol–water partition coefficient (Wildman–Crippen LogP) is 2.50. The molecule has 0 aliphatic carbocycles. The fourth-order valence-corrected chi connectivity index (χ4v) is 3.90. The molecule has 1 heterocycles. The molecular weight excluding hydrogens is 368 g/mol. The van der Waals surface area contributed by atoms with Crippen molar-refractivity contribution in [3.8, 4) is 0 Å². The third-order valence-electron chi connectivity index (χ3n) is 4.18. The number of hydrogen-bond acceptors (Lipinski definition) is 6. The number of nitrogens with one attached hydrogen (secondary N) is 1. The summed E-state index contributed by atoms with van der Waals surface area (Å²) < 4.78 is 38.5. The lowest BCUT2D eigenvalue weighted by Gasteiger charge is -2.30. The average Bonchev–Trinajstić information content (AvgIpc) is 2.69. The third kappa shape index (κ3) is 4.58. The molecule has 1 aliphatic rings. The predicted molar refractivity (Wildman–Crippen MR) is 103 cm³/mol. The Morgan fingerprint density at radius 2 is 1.78 bits per heavy atom. The van der Waals surface area contributed by atoms with E-state index in [1.54, 1.807) is 19.1 Å². The molecule has 1 fully saturated rings. The molecule has 8 heteroatoms. The van der Waals surface area contributed by atoms with E-state index in [1.807, 2.05) is 12.1 Å². The molecule has 1 N–H and O–H groups in total. The number of anilines is 2. The number of carbonyl (C=O) groups is 1. The van der Waals surface area contributed by atoms with Crippen molar-refractivity contribution in [2.24, 2.45) is 0 Å². The molecule has 0 unspecified atom stereocenters. The monoisotopic (exact) mass is 390 g/mol. The first-order valence-corrected chi connectivity index (χ1v) is 10.2. The van der Waals surface area contributed by atoms with E-state index in [-0.39, 0.29) is 11.5 Å². The van der Waals surface area contributed by atoms with Crippen LogP contribution in [0.5, 0.6) is 0 Å². The molecule has 0 amide bonds. The van der Waals surface area contributed by atoms with E-state index in [0.717, 1.165) is 5.69 Å². The zero-order valence-corrected chi connectivity index (χ0v) is 15.9. The standard InChI is InChI=1S/C19H22N2O5S/c1-2-26-19(22)15-7-9-16(10-8-15)27(23,24)20-17-5-3-4-6-18(17)21-11-13-25-14-12-21/h3-10,20H,2,11-14H2,1H3. The van der Waals surface area contributed by atoms with Crippen LogP contribution in [-0.4, -0.2) is 47.3 Å².